The smallest absolute Gasteiger partial charge is 0.270 e. The van der Waals surface area contributed by atoms with Crippen LogP contribution in [-0.4, -0.2) is 15.9 Å². The molecule has 0 aliphatic rings. The van der Waals surface area contributed by atoms with E-state index in [4.69, 9.17) is 0 Å². The predicted octanol–water partition coefficient (Wildman–Crippen LogP) is 3.95. The minimum atomic E-state index is -0.157. The summed E-state index contributed by atoms with van der Waals surface area (Å²) in [5, 5.41) is 4.98. The molecule has 2 aromatic carbocycles. The largest absolute Gasteiger partial charge is 0.357 e. The van der Waals surface area contributed by atoms with E-state index in [2.05, 4.69) is 21.4 Å². The van der Waals surface area contributed by atoms with Crippen LogP contribution in [0.5, 0.6) is 0 Å². The van der Waals surface area contributed by atoms with Gasteiger partial charge in [0.2, 0.25) is 0 Å². The first kappa shape index (κ1) is 14.5. The van der Waals surface area contributed by atoms with Crippen LogP contribution in [0.1, 0.15) is 21.7 Å². The van der Waals surface area contributed by atoms with Gasteiger partial charge in [-0.15, -0.1) is 0 Å². The molecule has 4 aromatic rings. The van der Waals surface area contributed by atoms with Gasteiger partial charge in [0.1, 0.15) is 5.69 Å². The second-order valence-corrected chi connectivity index (χ2v) is 5.92. The Kier molecular flexibility index (Phi) is 3.50. The van der Waals surface area contributed by atoms with Crippen molar-refractivity contribution >= 4 is 27.7 Å². The van der Waals surface area contributed by atoms with Gasteiger partial charge >= 0.3 is 0 Å². The van der Waals surface area contributed by atoms with Gasteiger partial charge in [0.25, 0.3) is 5.91 Å². The molecule has 0 spiro atoms. The number of aromatic nitrogens is 2. The molecule has 0 bridgehead atoms. The molecule has 0 saturated heterocycles. The van der Waals surface area contributed by atoms with Gasteiger partial charge in [0.15, 0.2) is 0 Å². The molecule has 2 heterocycles. The highest BCUT2D eigenvalue weighted by Gasteiger charge is 2.13. The van der Waals surface area contributed by atoms with Crippen molar-refractivity contribution in [3.05, 3.63) is 77.6 Å². The molecule has 24 heavy (non-hydrogen) atoms. The SMILES string of the molecule is Cc1ccc2ccc3cc(C(=O)NCc4ccccc4)nc3c2[nH]1. The molecule has 0 saturated carbocycles. The zero-order valence-electron chi connectivity index (χ0n) is 13.3. The van der Waals surface area contributed by atoms with Crippen molar-refractivity contribution in [1.82, 2.24) is 15.3 Å². The van der Waals surface area contributed by atoms with Gasteiger partial charge in [0.05, 0.1) is 11.0 Å². The number of nitrogens with one attached hydrogen (secondary N) is 2. The van der Waals surface area contributed by atoms with Gasteiger partial charge in [-0.1, -0.05) is 48.5 Å². The normalized spacial score (nSPS) is 11.0. The van der Waals surface area contributed by atoms with Gasteiger partial charge in [-0.25, -0.2) is 4.98 Å². The van der Waals surface area contributed by atoms with E-state index in [1.54, 1.807) is 0 Å². The molecule has 0 atom stereocenters. The van der Waals surface area contributed by atoms with Crippen LogP contribution in [-0.2, 0) is 6.54 Å². The summed E-state index contributed by atoms with van der Waals surface area (Å²) >= 11 is 0. The summed E-state index contributed by atoms with van der Waals surface area (Å²) < 4.78 is 0. The topological polar surface area (TPSA) is 57.8 Å². The van der Waals surface area contributed by atoms with Gasteiger partial charge < -0.3 is 10.3 Å². The number of H-pyrrole nitrogens is 1. The average molecular weight is 315 g/mol. The number of carbonyl (C=O) groups excluding carboxylic acids is 1. The quantitative estimate of drug-likeness (QED) is 0.601. The van der Waals surface area contributed by atoms with Crippen molar-refractivity contribution in [2.75, 3.05) is 0 Å². The standard InChI is InChI=1S/C20H17N3O/c1-13-7-8-15-9-10-16-11-17(23-19(16)18(15)22-13)20(24)21-12-14-5-3-2-4-6-14/h2-11,22H,12H2,1H3,(H,21,24). The Morgan fingerprint density at radius 1 is 1.04 bits per heavy atom. The number of benzene rings is 2. The lowest BCUT2D eigenvalue weighted by Crippen LogP contribution is -2.22. The fraction of sp³-hybridized carbons (Fsp3) is 0.100. The zero-order chi connectivity index (χ0) is 16.5. The highest BCUT2D eigenvalue weighted by molar-refractivity contribution is 6.07. The Morgan fingerprint density at radius 3 is 2.62 bits per heavy atom. The number of hydrogen-bond acceptors (Lipinski definition) is 2. The third-order valence-corrected chi connectivity index (χ3v) is 4.13. The molecule has 118 valence electrons. The predicted molar refractivity (Wildman–Crippen MR) is 95.9 cm³/mol. The zero-order valence-corrected chi connectivity index (χ0v) is 13.3. The summed E-state index contributed by atoms with van der Waals surface area (Å²) in [5.74, 6) is -0.157. The first-order valence-electron chi connectivity index (χ1n) is 7.92. The summed E-state index contributed by atoms with van der Waals surface area (Å²) in [4.78, 5) is 20.3. The van der Waals surface area contributed by atoms with Crippen molar-refractivity contribution in [3.63, 3.8) is 0 Å². The monoisotopic (exact) mass is 315 g/mol. The maximum atomic E-state index is 12.4. The number of rotatable bonds is 3. The minimum absolute atomic E-state index is 0.157. The van der Waals surface area contributed by atoms with Gasteiger partial charge in [-0.3, -0.25) is 4.79 Å². The lowest BCUT2D eigenvalue weighted by Gasteiger charge is -2.03. The van der Waals surface area contributed by atoms with Crippen LogP contribution in [0.3, 0.4) is 0 Å². The number of aryl methyl sites for hydroxylation is 1. The Labute approximate surface area is 139 Å². The Bertz CT molecular complexity index is 1030. The number of hydrogen-bond donors (Lipinski definition) is 2. The summed E-state index contributed by atoms with van der Waals surface area (Å²) in [6, 6.07) is 19.8. The first-order chi connectivity index (χ1) is 11.7. The highest BCUT2D eigenvalue weighted by Crippen LogP contribution is 2.24. The summed E-state index contributed by atoms with van der Waals surface area (Å²) in [5.41, 5.74) is 4.38. The van der Waals surface area contributed by atoms with E-state index >= 15 is 0 Å². The van der Waals surface area contributed by atoms with Gasteiger partial charge in [-0.05, 0) is 24.6 Å². The maximum absolute atomic E-state index is 12.4. The van der Waals surface area contributed by atoms with E-state index in [1.807, 2.05) is 61.5 Å². The molecule has 0 aliphatic heterocycles. The third kappa shape index (κ3) is 2.63. The lowest BCUT2D eigenvalue weighted by atomic mass is 10.1. The van der Waals surface area contributed by atoms with Crippen LogP contribution < -0.4 is 5.32 Å². The number of amides is 1. The van der Waals surface area contributed by atoms with E-state index in [1.165, 1.54) is 0 Å². The van der Waals surface area contributed by atoms with Crippen LogP contribution in [0.15, 0.2) is 60.7 Å². The molecule has 2 aromatic heterocycles. The average Bonchev–Trinajstić information content (AvgIpc) is 3.05. The van der Waals surface area contributed by atoms with Crippen molar-refractivity contribution in [2.45, 2.75) is 13.5 Å². The summed E-state index contributed by atoms with van der Waals surface area (Å²) in [6.07, 6.45) is 0. The van der Waals surface area contributed by atoms with Crippen LogP contribution in [0.2, 0.25) is 0 Å². The van der Waals surface area contributed by atoms with Crippen LogP contribution in [0.4, 0.5) is 0 Å². The van der Waals surface area contributed by atoms with Crippen molar-refractivity contribution in [3.8, 4) is 0 Å². The summed E-state index contributed by atoms with van der Waals surface area (Å²) in [6.45, 7) is 2.50. The second-order valence-electron chi connectivity index (χ2n) is 5.92. The molecule has 0 fully saturated rings. The number of pyridine rings is 1. The lowest BCUT2D eigenvalue weighted by molar-refractivity contribution is 0.0947. The molecule has 1 amide bonds. The second kappa shape index (κ2) is 5.81. The van der Waals surface area contributed by atoms with Gasteiger partial charge in [-0.2, -0.15) is 0 Å². The van der Waals surface area contributed by atoms with Crippen molar-refractivity contribution in [1.29, 1.82) is 0 Å². The van der Waals surface area contributed by atoms with E-state index < -0.39 is 0 Å². The fourth-order valence-electron chi connectivity index (χ4n) is 2.87. The molecule has 4 rings (SSSR count). The number of aromatic amines is 1. The summed E-state index contributed by atoms with van der Waals surface area (Å²) in [7, 11) is 0. The molecule has 2 N–H and O–H groups in total. The Balaban J connectivity index is 1.66. The molecule has 4 nitrogen and oxygen atoms in total. The molecule has 0 unspecified atom stereocenters. The molecule has 0 radical (unpaired) electrons. The number of fused-ring (bicyclic) bond motifs is 3. The maximum Gasteiger partial charge on any atom is 0.270 e. The van der Waals surface area contributed by atoms with Crippen LogP contribution >= 0.6 is 0 Å². The Morgan fingerprint density at radius 2 is 1.79 bits per heavy atom. The van der Waals surface area contributed by atoms with Crippen molar-refractivity contribution in [2.24, 2.45) is 0 Å². The van der Waals surface area contributed by atoms with E-state index in [-0.39, 0.29) is 5.91 Å². The highest BCUT2D eigenvalue weighted by atomic mass is 16.1. The fourth-order valence-corrected chi connectivity index (χ4v) is 2.87. The van der Waals surface area contributed by atoms with Crippen LogP contribution in [0, 0.1) is 6.92 Å². The van der Waals surface area contributed by atoms with E-state index in [0.717, 1.165) is 33.1 Å². The number of nitrogens with zero attached hydrogens (tertiary/aromatic N) is 1. The van der Waals surface area contributed by atoms with E-state index in [9.17, 15) is 4.79 Å². The first-order valence-corrected chi connectivity index (χ1v) is 7.92. The van der Waals surface area contributed by atoms with E-state index in [0.29, 0.717) is 12.2 Å². The molecular formula is C20H17N3O. The van der Waals surface area contributed by atoms with Crippen LogP contribution in [0.25, 0.3) is 21.8 Å². The minimum Gasteiger partial charge on any atom is -0.357 e. The Hall–Kier alpha value is -3.14. The van der Waals surface area contributed by atoms with Crippen molar-refractivity contribution < 1.29 is 4.79 Å². The van der Waals surface area contributed by atoms with Gasteiger partial charge in [0, 0.05) is 23.0 Å². The number of carbonyl (C=O) groups is 1. The molecule has 4 heteroatoms. The molecule has 0 aliphatic carbocycles. The third-order valence-electron chi connectivity index (χ3n) is 4.13. The molecular weight excluding hydrogens is 298 g/mol.